The number of aldehydes is 1. The highest BCUT2D eigenvalue weighted by atomic mass is 16.3. The number of anilines is 1. The highest BCUT2D eigenvalue weighted by Crippen LogP contribution is 2.43. The molecule has 1 heterocycles. The topological polar surface area (TPSA) is 119 Å². The number of imidazole rings is 1. The standard InChI is InChI=1S/C30H40N4O3/c1-28(2)11-9-20(10-12-28)24-15-21(22(17-30(5,6)37)16-29(3,4)13-14-35)7-8-25(24)34-27(36)26-32-19-23(18-31)33-26/h7-9,14-15,19,22,37H,10-13,16-17H2,1-6H3,(H,32,33)(H,34,36). The van der Waals surface area contributed by atoms with Gasteiger partial charge in [-0.05, 0) is 86.0 Å². The molecule has 0 saturated carbocycles. The number of nitrogens with zero attached hydrogens (tertiary/aromatic N) is 2. The first-order valence-electron chi connectivity index (χ1n) is 13.0. The Bertz CT molecular complexity index is 1210. The number of aromatic nitrogens is 2. The number of hydrogen-bond donors (Lipinski definition) is 3. The summed E-state index contributed by atoms with van der Waals surface area (Å²) in [7, 11) is 0. The predicted octanol–water partition coefficient (Wildman–Crippen LogP) is 6.38. The lowest BCUT2D eigenvalue weighted by atomic mass is 9.73. The Balaban J connectivity index is 2.03. The lowest BCUT2D eigenvalue weighted by Gasteiger charge is -2.33. The monoisotopic (exact) mass is 504 g/mol. The van der Waals surface area contributed by atoms with E-state index in [1.54, 1.807) is 0 Å². The number of carbonyl (C=O) groups excluding carboxylic acids is 2. The summed E-state index contributed by atoms with van der Waals surface area (Å²) < 4.78 is 0. The summed E-state index contributed by atoms with van der Waals surface area (Å²) in [6, 6.07) is 8.01. The van der Waals surface area contributed by atoms with Crippen LogP contribution in [0.5, 0.6) is 0 Å². The maximum Gasteiger partial charge on any atom is 0.291 e. The molecule has 1 unspecified atom stereocenters. The molecule has 0 bridgehead atoms. The van der Waals surface area contributed by atoms with Crippen molar-refractivity contribution in [3.8, 4) is 6.07 Å². The zero-order chi connectivity index (χ0) is 27.4. The number of aromatic amines is 1. The van der Waals surface area contributed by atoms with Gasteiger partial charge in [0.05, 0.1) is 11.8 Å². The molecule has 1 aliphatic rings. The van der Waals surface area contributed by atoms with Crippen molar-refractivity contribution in [1.82, 2.24) is 9.97 Å². The third-order valence-electron chi connectivity index (χ3n) is 7.17. The Morgan fingerprint density at radius 1 is 1.30 bits per heavy atom. The van der Waals surface area contributed by atoms with Gasteiger partial charge in [-0.2, -0.15) is 5.26 Å². The minimum Gasteiger partial charge on any atom is -0.390 e. The number of nitrogens with one attached hydrogen (secondary N) is 2. The quantitative estimate of drug-likeness (QED) is 0.325. The van der Waals surface area contributed by atoms with Gasteiger partial charge in [-0.15, -0.1) is 0 Å². The second kappa shape index (κ2) is 11.0. The van der Waals surface area contributed by atoms with E-state index in [0.717, 1.165) is 43.1 Å². The molecule has 0 fully saturated rings. The molecule has 7 nitrogen and oxygen atoms in total. The molecule has 1 aliphatic carbocycles. The van der Waals surface area contributed by atoms with Gasteiger partial charge < -0.3 is 20.2 Å². The van der Waals surface area contributed by atoms with Crippen LogP contribution in [0.2, 0.25) is 0 Å². The van der Waals surface area contributed by atoms with Gasteiger partial charge in [-0.25, -0.2) is 4.98 Å². The average Bonchev–Trinajstić information content (AvgIpc) is 3.27. The van der Waals surface area contributed by atoms with Crippen molar-refractivity contribution in [1.29, 1.82) is 5.26 Å². The number of allylic oxidation sites excluding steroid dienone is 2. The third-order valence-corrected chi connectivity index (χ3v) is 7.17. The van der Waals surface area contributed by atoms with E-state index in [1.807, 2.05) is 32.0 Å². The highest BCUT2D eigenvalue weighted by molar-refractivity contribution is 6.03. The normalized spacial score (nSPS) is 16.4. The molecule has 0 saturated heterocycles. The number of amides is 1. The van der Waals surface area contributed by atoms with E-state index in [4.69, 9.17) is 5.26 Å². The molecule has 0 aliphatic heterocycles. The lowest BCUT2D eigenvalue weighted by Crippen LogP contribution is -2.26. The number of rotatable bonds is 10. The maximum atomic E-state index is 12.9. The van der Waals surface area contributed by atoms with Crippen molar-refractivity contribution >= 4 is 23.5 Å². The van der Waals surface area contributed by atoms with Crippen LogP contribution in [0.4, 0.5) is 5.69 Å². The molecule has 2 aromatic rings. The van der Waals surface area contributed by atoms with E-state index in [1.165, 1.54) is 11.8 Å². The minimum absolute atomic E-state index is 0.0299. The van der Waals surface area contributed by atoms with Crippen molar-refractivity contribution in [3.63, 3.8) is 0 Å². The Morgan fingerprint density at radius 2 is 2.03 bits per heavy atom. The van der Waals surface area contributed by atoms with Crippen LogP contribution in [0.15, 0.2) is 30.5 Å². The van der Waals surface area contributed by atoms with E-state index in [9.17, 15) is 14.7 Å². The van der Waals surface area contributed by atoms with Crippen LogP contribution in [-0.2, 0) is 4.79 Å². The van der Waals surface area contributed by atoms with E-state index in [0.29, 0.717) is 18.5 Å². The van der Waals surface area contributed by atoms with E-state index < -0.39 is 11.5 Å². The largest absolute Gasteiger partial charge is 0.390 e. The minimum atomic E-state index is -0.874. The third kappa shape index (κ3) is 7.87. The van der Waals surface area contributed by atoms with Gasteiger partial charge in [0, 0.05) is 17.7 Å². The molecule has 0 spiro atoms. The van der Waals surface area contributed by atoms with Crippen LogP contribution in [0.1, 0.15) is 113 Å². The molecule has 7 heteroatoms. The summed E-state index contributed by atoms with van der Waals surface area (Å²) in [5, 5.41) is 22.7. The zero-order valence-corrected chi connectivity index (χ0v) is 22.9. The van der Waals surface area contributed by atoms with Gasteiger partial charge in [0.15, 0.2) is 5.82 Å². The van der Waals surface area contributed by atoms with E-state index >= 15 is 0 Å². The molecule has 37 heavy (non-hydrogen) atoms. The van der Waals surface area contributed by atoms with Crippen LogP contribution in [0, 0.1) is 22.2 Å². The highest BCUT2D eigenvalue weighted by Gasteiger charge is 2.30. The molecule has 1 amide bonds. The number of aliphatic hydroxyl groups is 1. The first kappa shape index (κ1) is 28.3. The number of carbonyl (C=O) groups is 2. The van der Waals surface area contributed by atoms with E-state index in [2.05, 4.69) is 55.1 Å². The van der Waals surface area contributed by atoms with Crippen LogP contribution in [0.3, 0.4) is 0 Å². The molecular weight excluding hydrogens is 464 g/mol. The average molecular weight is 505 g/mol. The van der Waals surface area contributed by atoms with Crippen molar-refractivity contribution in [3.05, 3.63) is 53.1 Å². The van der Waals surface area contributed by atoms with Gasteiger partial charge >= 0.3 is 0 Å². The smallest absolute Gasteiger partial charge is 0.291 e. The fraction of sp³-hybridized carbons (Fsp3) is 0.533. The van der Waals surface area contributed by atoms with E-state index in [-0.39, 0.29) is 28.3 Å². The maximum absolute atomic E-state index is 12.9. The van der Waals surface area contributed by atoms with Gasteiger partial charge in [0.1, 0.15) is 18.0 Å². The Morgan fingerprint density at radius 3 is 2.59 bits per heavy atom. The molecule has 3 rings (SSSR count). The first-order valence-corrected chi connectivity index (χ1v) is 13.0. The summed E-state index contributed by atoms with van der Waals surface area (Å²) in [6.07, 6.45) is 9.20. The van der Waals surface area contributed by atoms with Crippen LogP contribution < -0.4 is 5.32 Å². The summed E-state index contributed by atoms with van der Waals surface area (Å²) in [4.78, 5) is 31.0. The summed E-state index contributed by atoms with van der Waals surface area (Å²) in [6.45, 7) is 12.3. The van der Waals surface area contributed by atoms with Gasteiger partial charge in [0.2, 0.25) is 0 Å². The van der Waals surface area contributed by atoms with Crippen molar-refractivity contribution in [2.45, 2.75) is 91.6 Å². The first-order chi connectivity index (χ1) is 17.2. The zero-order valence-electron chi connectivity index (χ0n) is 22.9. The summed E-state index contributed by atoms with van der Waals surface area (Å²) in [5.41, 5.74) is 3.27. The second-order valence-corrected chi connectivity index (χ2v) is 12.6. The van der Waals surface area contributed by atoms with Gasteiger partial charge in [0.25, 0.3) is 5.91 Å². The second-order valence-electron chi connectivity index (χ2n) is 12.6. The number of nitriles is 1. The molecule has 0 radical (unpaired) electrons. The summed E-state index contributed by atoms with van der Waals surface area (Å²) >= 11 is 0. The summed E-state index contributed by atoms with van der Waals surface area (Å²) in [5.74, 6) is -0.296. The fourth-order valence-corrected chi connectivity index (χ4v) is 5.07. The van der Waals surface area contributed by atoms with Crippen LogP contribution in [-0.4, -0.2) is 32.9 Å². The van der Waals surface area contributed by atoms with Gasteiger partial charge in [-0.3, -0.25) is 4.79 Å². The molecule has 3 N–H and O–H groups in total. The van der Waals surface area contributed by atoms with Crippen molar-refractivity contribution in [2.24, 2.45) is 10.8 Å². The molecule has 1 aromatic carbocycles. The molecule has 198 valence electrons. The lowest BCUT2D eigenvalue weighted by molar-refractivity contribution is -0.109. The Hall–Kier alpha value is -3.24. The van der Waals surface area contributed by atoms with Crippen molar-refractivity contribution < 1.29 is 14.7 Å². The van der Waals surface area contributed by atoms with Crippen molar-refractivity contribution in [2.75, 3.05) is 5.32 Å². The number of benzene rings is 1. The number of H-pyrrole nitrogens is 1. The molecular formula is C30H40N4O3. The molecule has 1 atom stereocenters. The SMILES string of the molecule is CC(C)(O)CC(CC(C)(C)CC=O)c1ccc(NC(=O)c2ncc(C#N)[nH]2)c(C2=CCC(C)(C)CC2)c1. The van der Waals surface area contributed by atoms with Crippen LogP contribution >= 0.6 is 0 Å². The molecule has 1 aromatic heterocycles. The number of hydrogen-bond acceptors (Lipinski definition) is 5. The Kier molecular flexibility index (Phi) is 8.44. The Labute approximate surface area is 220 Å². The van der Waals surface area contributed by atoms with Gasteiger partial charge in [-0.1, -0.05) is 39.8 Å². The van der Waals surface area contributed by atoms with Crippen LogP contribution in [0.25, 0.3) is 5.57 Å². The fourth-order valence-electron chi connectivity index (χ4n) is 5.07. The predicted molar refractivity (Wildman–Crippen MR) is 146 cm³/mol.